The van der Waals surface area contributed by atoms with Crippen molar-refractivity contribution in [1.82, 2.24) is 20.9 Å². The van der Waals surface area contributed by atoms with E-state index >= 15 is 0 Å². The molecule has 14 heteroatoms. The largest absolute Gasteiger partial charge is 0.465 e. The standard InChI is InChI=1S/C34H46N6O8/c1-20(2)27(38-32(44)47-34(4,5)6)31(43)48-39-28(35)24-14-12-22(13-15-24)19-36-29(41)21(3)37-30(42)26-18-25(16-17-40(26)33(45)46)23-10-8-7-9-11-23/h7-15,20-21,25-27H,16-19H2,1-6H3,(H2,35,39)(H,36,41)(H,37,42)(H,38,44)(H,45,46)/t21-,25-,26+,27-/m0/s1. The molecule has 0 saturated carbocycles. The van der Waals surface area contributed by atoms with Crippen LogP contribution in [-0.4, -0.2) is 76.1 Å². The summed E-state index contributed by atoms with van der Waals surface area (Å²) in [4.78, 5) is 68.7. The summed E-state index contributed by atoms with van der Waals surface area (Å²) >= 11 is 0. The van der Waals surface area contributed by atoms with Gasteiger partial charge in [-0.2, -0.15) is 0 Å². The average Bonchev–Trinajstić information content (AvgIpc) is 3.04. The van der Waals surface area contributed by atoms with E-state index in [4.69, 9.17) is 15.3 Å². The van der Waals surface area contributed by atoms with E-state index in [-0.39, 0.29) is 30.8 Å². The fraction of sp³-hybridized carbons (Fsp3) is 0.471. The fourth-order valence-electron chi connectivity index (χ4n) is 5.12. The van der Waals surface area contributed by atoms with Crippen LogP contribution in [0.5, 0.6) is 0 Å². The van der Waals surface area contributed by atoms with Crippen molar-refractivity contribution < 1.29 is 38.7 Å². The molecule has 0 spiro atoms. The molecule has 1 saturated heterocycles. The van der Waals surface area contributed by atoms with Crippen molar-refractivity contribution in [2.75, 3.05) is 6.54 Å². The number of piperidine rings is 1. The van der Waals surface area contributed by atoms with E-state index in [9.17, 15) is 29.1 Å². The molecular weight excluding hydrogens is 620 g/mol. The second kappa shape index (κ2) is 16.6. The molecule has 1 heterocycles. The van der Waals surface area contributed by atoms with E-state index in [1.165, 1.54) is 6.92 Å². The first kappa shape index (κ1) is 37.3. The van der Waals surface area contributed by atoms with E-state index in [0.717, 1.165) is 10.5 Å². The molecule has 14 nitrogen and oxygen atoms in total. The lowest BCUT2D eigenvalue weighted by atomic mass is 9.85. The van der Waals surface area contributed by atoms with Gasteiger partial charge < -0.3 is 36.4 Å². The first-order chi connectivity index (χ1) is 22.6. The van der Waals surface area contributed by atoms with Crippen LogP contribution in [0.4, 0.5) is 9.59 Å². The van der Waals surface area contributed by atoms with E-state index in [0.29, 0.717) is 24.0 Å². The molecule has 6 N–H and O–H groups in total. The highest BCUT2D eigenvalue weighted by molar-refractivity contribution is 5.97. The van der Waals surface area contributed by atoms with Crippen LogP contribution in [0.2, 0.25) is 0 Å². The van der Waals surface area contributed by atoms with Gasteiger partial charge in [0.15, 0.2) is 5.84 Å². The Morgan fingerprint density at radius 3 is 2.23 bits per heavy atom. The van der Waals surface area contributed by atoms with Gasteiger partial charge in [-0.3, -0.25) is 14.5 Å². The maximum Gasteiger partial charge on any atom is 0.408 e. The summed E-state index contributed by atoms with van der Waals surface area (Å²) in [7, 11) is 0. The molecular formula is C34H46N6O8. The van der Waals surface area contributed by atoms with Crippen molar-refractivity contribution in [3.63, 3.8) is 0 Å². The third-order valence-corrected chi connectivity index (χ3v) is 7.72. The maximum atomic E-state index is 13.2. The smallest absolute Gasteiger partial charge is 0.408 e. The molecule has 48 heavy (non-hydrogen) atoms. The summed E-state index contributed by atoms with van der Waals surface area (Å²) in [5, 5.41) is 21.3. The Bertz CT molecular complexity index is 1470. The first-order valence-electron chi connectivity index (χ1n) is 15.8. The third-order valence-electron chi connectivity index (χ3n) is 7.72. The number of carboxylic acid groups (broad SMARTS) is 1. The highest BCUT2D eigenvalue weighted by Gasteiger charge is 2.37. The number of alkyl carbamates (subject to hydrolysis) is 1. The van der Waals surface area contributed by atoms with Gasteiger partial charge in [0.2, 0.25) is 11.8 Å². The van der Waals surface area contributed by atoms with Gasteiger partial charge in [0.1, 0.15) is 23.7 Å². The zero-order chi connectivity index (χ0) is 35.6. The van der Waals surface area contributed by atoms with E-state index in [1.54, 1.807) is 58.9 Å². The van der Waals surface area contributed by atoms with Crippen LogP contribution in [0.15, 0.2) is 59.8 Å². The Morgan fingerprint density at radius 2 is 1.65 bits per heavy atom. The minimum absolute atomic E-state index is 0.0221. The number of ether oxygens (including phenoxy) is 1. The van der Waals surface area contributed by atoms with Crippen molar-refractivity contribution in [3.05, 3.63) is 71.3 Å². The Morgan fingerprint density at radius 1 is 1.00 bits per heavy atom. The summed E-state index contributed by atoms with van der Waals surface area (Å²) in [6.07, 6.45) is -1.03. The number of likely N-dealkylation sites (tertiary alicyclic amines) is 1. The summed E-state index contributed by atoms with van der Waals surface area (Å²) in [5.74, 6) is -2.16. The molecule has 4 amide bonds. The van der Waals surface area contributed by atoms with Crippen LogP contribution in [0.25, 0.3) is 0 Å². The third kappa shape index (κ3) is 11.0. The van der Waals surface area contributed by atoms with Gasteiger partial charge >= 0.3 is 18.2 Å². The zero-order valence-electron chi connectivity index (χ0n) is 28.2. The topological polar surface area (TPSA) is 202 Å². The molecule has 0 radical (unpaired) electrons. The number of amides is 4. The lowest BCUT2D eigenvalue weighted by molar-refractivity contribution is -0.147. The predicted molar refractivity (Wildman–Crippen MR) is 178 cm³/mol. The molecule has 1 fully saturated rings. The Labute approximate surface area is 280 Å². The predicted octanol–water partition coefficient (Wildman–Crippen LogP) is 3.45. The van der Waals surface area contributed by atoms with E-state index < -0.39 is 53.7 Å². The molecule has 0 bridgehead atoms. The molecule has 1 aliphatic heterocycles. The first-order valence-corrected chi connectivity index (χ1v) is 15.8. The monoisotopic (exact) mass is 666 g/mol. The summed E-state index contributed by atoms with van der Waals surface area (Å²) in [6.45, 7) is 10.5. The summed E-state index contributed by atoms with van der Waals surface area (Å²) < 4.78 is 5.21. The normalized spacial score (nSPS) is 17.9. The maximum absolute atomic E-state index is 13.2. The van der Waals surface area contributed by atoms with Gasteiger partial charge in [-0.15, -0.1) is 0 Å². The second-order valence-corrected chi connectivity index (χ2v) is 13.0. The van der Waals surface area contributed by atoms with Crippen LogP contribution < -0.4 is 21.7 Å². The SMILES string of the molecule is CC(C)[C@H](NC(=O)OC(C)(C)C)C(=O)O/N=C(\N)c1ccc(CNC(=O)[C@H](C)NC(=O)[C@H]2C[C@@H](c3ccccc3)CCN2C(=O)O)cc1. The summed E-state index contributed by atoms with van der Waals surface area (Å²) in [6, 6.07) is 13.4. The molecule has 2 aromatic rings. The Balaban J connectivity index is 1.52. The molecule has 4 atom stereocenters. The number of nitrogens with one attached hydrogen (secondary N) is 3. The minimum atomic E-state index is -1.18. The minimum Gasteiger partial charge on any atom is -0.465 e. The van der Waals surface area contributed by atoms with E-state index in [2.05, 4.69) is 21.1 Å². The Kier molecular flexibility index (Phi) is 12.9. The molecule has 0 unspecified atom stereocenters. The van der Waals surface area contributed by atoms with Crippen LogP contribution in [0.1, 0.15) is 77.0 Å². The lowest BCUT2D eigenvalue weighted by Gasteiger charge is -2.37. The van der Waals surface area contributed by atoms with Crippen LogP contribution >= 0.6 is 0 Å². The number of nitrogens with two attached hydrogens (primary N) is 1. The van der Waals surface area contributed by atoms with Gasteiger partial charge in [0.05, 0.1) is 0 Å². The molecule has 3 rings (SSSR count). The average molecular weight is 667 g/mol. The molecule has 0 aromatic heterocycles. The number of carbonyl (C=O) groups is 5. The van der Waals surface area contributed by atoms with Gasteiger partial charge in [-0.25, -0.2) is 14.4 Å². The van der Waals surface area contributed by atoms with Gasteiger partial charge in [-0.05, 0) is 63.5 Å². The number of carbonyl (C=O) groups excluding carboxylic acids is 4. The molecule has 260 valence electrons. The van der Waals surface area contributed by atoms with Crippen molar-refractivity contribution in [2.45, 2.75) is 90.6 Å². The van der Waals surface area contributed by atoms with Crippen molar-refractivity contribution in [3.8, 4) is 0 Å². The van der Waals surface area contributed by atoms with Gasteiger partial charge in [-0.1, -0.05) is 73.6 Å². The van der Waals surface area contributed by atoms with Crippen LogP contribution in [-0.2, 0) is 30.5 Å². The number of benzene rings is 2. The number of oxime groups is 1. The number of rotatable bonds is 11. The number of hydrogen-bond donors (Lipinski definition) is 5. The number of amidine groups is 1. The lowest BCUT2D eigenvalue weighted by Crippen LogP contribution is -2.56. The quantitative estimate of drug-likeness (QED) is 0.103. The zero-order valence-corrected chi connectivity index (χ0v) is 28.2. The van der Waals surface area contributed by atoms with Gasteiger partial charge in [0.25, 0.3) is 0 Å². The van der Waals surface area contributed by atoms with Crippen LogP contribution in [0, 0.1) is 5.92 Å². The molecule has 1 aliphatic rings. The van der Waals surface area contributed by atoms with Gasteiger partial charge in [0, 0.05) is 18.7 Å². The highest BCUT2D eigenvalue weighted by atomic mass is 16.7. The highest BCUT2D eigenvalue weighted by Crippen LogP contribution is 2.31. The second-order valence-electron chi connectivity index (χ2n) is 13.0. The number of nitrogens with zero attached hydrogens (tertiary/aromatic N) is 2. The Hall–Kier alpha value is -5.14. The van der Waals surface area contributed by atoms with Crippen molar-refractivity contribution in [2.24, 2.45) is 16.8 Å². The molecule has 0 aliphatic carbocycles. The fourth-order valence-corrected chi connectivity index (χ4v) is 5.12. The van der Waals surface area contributed by atoms with Crippen molar-refractivity contribution >= 4 is 35.8 Å². The van der Waals surface area contributed by atoms with Crippen molar-refractivity contribution in [1.29, 1.82) is 0 Å². The molecule has 2 aromatic carbocycles. The van der Waals surface area contributed by atoms with Crippen LogP contribution in [0.3, 0.4) is 0 Å². The summed E-state index contributed by atoms with van der Waals surface area (Å²) in [5.41, 5.74) is 7.47. The number of hydrogen-bond acceptors (Lipinski definition) is 8. The van der Waals surface area contributed by atoms with E-state index in [1.807, 2.05) is 30.3 Å².